The molecule has 0 unspecified atom stereocenters. The molecule has 0 radical (unpaired) electrons. The van der Waals surface area contributed by atoms with Crippen LogP contribution in [0.25, 0.3) is 0 Å². The molecule has 3 saturated carbocycles. The topological polar surface area (TPSA) is 153 Å². The third-order valence-electron chi connectivity index (χ3n) is 18.0. The fourth-order valence-corrected chi connectivity index (χ4v) is 14.1. The van der Waals surface area contributed by atoms with Gasteiger partial charge in [-0.3, -0.25) is 0 Å². The van der Waals surface area contributed by atoms with Gasteiger partial charge in [0.15, 0.2) is 24.6 Å². The zero-order valence-corrected chi connectivity index (χ0v) is 42.4. The van der Waals surface area contributed by atoms with Gasteiger partial charge in [0.1, 0.15) is 12.7 Å². The molecule has 0 spiro atoms. The molecule has 0 aromatic heterocycles. The summed E-state index contributed by atoms with van der Waals surface area (Å²) in [6.45, 7) is 9.32. The number of hydrogen-bond donors (Lipinski definition) is 1. The van der Waals surface area contributed by atoms with Crippen LogP contribution in [0.5, 0.6) is 0 Å². The number of esters is 4. The molecule has 4 aliphatic carbocycles. The minimum atomic E-state index is -1.50. The van der Waals surface area contributed by atoms with Crippen molar-refractivity contribution in [2.75, 3.05) is 13.2 Å². The summed E-state index contributed by atoms with van der Waals surface area (Å²) >= 11 is 0. The fourth-order valence-electron chi connectivity index (χ4n) is 14.1. The van der Waals surface area contributed by atoms with Crippen molar-refractivity contribution in [3.8, 4) is 0 Å². The number of benzene rings is 4. The Balaban J connectivity index is 0.940. The summed E-state index contributed by atoms with van der Waals surface area (Å²) in [5.41, 5.74) is 2.51. The molecular formula is C61H70O12. The Labute approximate surface area is 429 Å². The maximum atomic E-state index is 14.2. The van der Waals surface area contributed by atoms with Crippen LogP contribution in [0.2, 0.25) is 0 Å². The Morgan fingerprint density at radius 3 is 1.79 bits per heavy atom. The summed E-state index contributed by atoms with van der Waals surface area (Å²) < 4.78 is 45.6. The summed E-state index contributed by atoms with van der Waals surface area (Å²) in [6.07, 6.45) is 4.21. The van der Waals surface area contributed by atoms with Crippen LogP contribution < -0.4 is 0 Å². The van der Waals surface area contributed by atoms with E-state index in [0.717, 1.165) is 38.5 Å². The van der Waals surface area contributed by atoms with E-state index in [4.69, 9.17) is 33.2 Å². The van der Waals surface area contributed by atoms with Gasteiger partial charge in [-0.1, -0.05) is 112 Å². The molecular weight excluding hydrogens is 925 g/mol. The maximum Gasteiger partial charge on any atom is 0.338 e. The third-order valence-corrected chi connectivity index (χ3v) is 18.0. The van der Waals surface area contributed by atoms with E-state index in [1.165, 1.54) is 12.0 Å². The monoisotopic (exact) mass is 994 g/mol. The summed E-state index contributed by atoms with van der Waals surface area (Å²) in [6, 6.07) is 33.7. The standard InChI is InChI=1S/C61H70O12/c1-37(35-62)25-28-48-38(2)51-49(69-48)34-47-45-27-26-43-33-44(29-31-60(43,3)46(45)30-32-61(47,51)4)68-59-54(73-58(66)42-23-15-8-16-24-42)53(72-57(65)41-21-13-7-14-22-41)52(71-56(64)40-19-11-6-12-20-40)50(70-59)36-67-55(63)39-17-9-5-10-18-39/h5-24,26,37-38,44-54,59,62H,25,27-36H2,1-4H3/t37-,38-,44+,45-,46+,47+,48-,49+,50-,51+,52-,53+,54-,59-,60+,61+/m1/s1. The van der Waals surface area contributed by atoms with Crippen molar-refractivity contribution >= 4 is 23.9 Å². The van der Waals surface area contributed by atoms with Gasteiger partial charge in [0.2, 0.25) is 0 Å². The van der Waals surface area contributed by atoms with E-state index in [9.17, 15) is 24.3 Å². The number of hydrogen-bond acceptors (Lipinski definition) is 12. The third kappa shape index (κ3) is 10.3. The van der Waals surface area contributed by atoms with Crippen LogP contribution in [0.3, 0.4) is 0 Å². The first-order valence-corrected chi connectivity index (χ1v) is 26.6. The summed E-state index contributed by atoms with van der Waals surface area (Å²) in [5, 5.41) is 9.70. The van der Waals surface area contributed by atoms with Crippen molar-refractivity contribution in [2.45, 2.75) is 135 Å². The zero-order valence-electron chi connectivity index (χ0n) is 42.4. The van der Waals surface area contributed by atoms with E-state index >= 15 is 0 Å². The Morgan fingerprint density at radius 2 is 1.22 bits per heavy atom. The van der Waals surface area contributed by atoms with E-state index in [2.05, 4.69) is 33.8 Å². The van der Waals surface area contributed by atoms with Crippen LogP contribution in [0.15, 0.2) is 133 Å². The Hall–Kier alpha value is -5.66. The Kier molecular flexibility index (Phi) is 15.1. The minimum absolute atomic E-state index is 0.0392. The summed E-state index contributed by atoms with van der Waals surface area (Å²) in [7, 11) is 0. The molecule has 386 valence electrons. The SMILES string of the molecule is C[C@@H](CO)CC[C@H]1O[C@H]2C[C@H]3[C@@H]4CC=C5C[C@@H](O[C@@H]6O[C@H](COC(=O)c7ccccc7)[C@@H](OC(=O)c7ccccc7)[C@H](OC(=O)c7ccccc7)[C@H]6OC(=O)c6ccccc6)CC[C@]5(C)[C@H]4CC[C@]3(C)[C@H]2[C@@H]1C. The molecule has 12 heteroatoms. The smallest absolute Gasteiger partial charge is 0.338 e. The van der Waals surface area contributed by atoms with E-state index in [1.807, 2.05) is 0 Å². The van der Waals surface area contributed by atoms with Gasteiger partial charge in [0.25, 0.3) is 0 Å². The molecule has 4 aromatic carbocycles. The average molecular weight is 995 g/mol. The molecule has 2 heterocycles. The predicted octanol–water partition coefficient (Wildman–Crippen LogP) is 10.6. The lowest BCUT2D eigenvalue weighted by molar-refractivity contribution is -0.310. The van der Waals surface area contributed by atoms with Crippen molar-refractivity contribution in [2.24, 2.45) is 46.3 Å². The first-order chi connectivity index (χ1) is 35.3. The van der Waals surface area contributed by atoms with E-state index in [-0.39, 0.29) is 58.4 Å². The van der Waals surface area contributed by atoms with E-state index in [0.29, 0.717) is 48.0 Å². The Morgan fingerprint density at radius 1 is 0.671 bits per heavy atom. The van der Waals surface area contributed by atoms with Gasteiger partial charge in [0.05, 0.1) is 40.6 Å². The average Bonchev–Trinajstić information content (AvgIpc) is 3.91. The zero-order chi connectivity index (χ0) is 50.9. The van der Waals surface area contributed by atoms with Gasteiger partial charge in [-0.05, 0) is 153 Å². The molecule has 0 amide bonds. The van der Waals surface area contributed by atoms with Crippen LogP contribution in [0, 0.1) is 46.3 Å². The highest BCUT2D eigenvalue weighted by molar-refractivity contribution is 5.91. The lowest BCUT2D eigenvalue weighted by Gasteiger charge is -2.58. The number of aliphatic hydroxyl groups is 1. The normalized spacial score (nSPS) is 34.6. The molecule has 2 saturated heterocycles. The largest absolute Gasteiger partial charge is 0.459 e. The molecule has 4 aromatic rings. The van der Waals surface area contributed by atoms with E-state index < -0.39 is 61.2 Å². The molecule has 1 N–H and O–H groups in total. The van der Waals surface area contributed by atoms with Crippen LogP contribution in [-0.4, -0.2) is 91.2 Å². The van der Waals surface area contributed by atoms with Crippen LogP contribution in [-0.2, 0) is 33.2 Å². The van der Waals surface area contributed by atoms with Crippen molar-refractivity contribution in [1.82, 2.24) is 0 Å². The highest BCUT2D eigenvalue weighted by atomic mass is 16.7. The lowest BCUT2D eigenvalue weighted by atomic mass is 9.47. The molecule has 6 aliphatic rings. The number of rotatable bonds is 15. The van der Waals surface area contributed by atoms with Crippen molar-refractivity contribution in [1.29, 1.82) is 0 Å². The summed E-state index contributed by atoms with van der Waals surface area (Å²) in [4.78, 5) is 56.0. The molecule has 16 atom stereocenters. The van der Waals surface area contributed by atoms with Crippen molar-refractivity contribution < 1.29 is 57.4 Å². The fraction of sp³-hybridized carbons (Fsp3) is 0.508. The number of aliphatic hydroxyl groups excluding tert-OH is 1. The highest BCUT2D eigenvalue weighted by Gasteiger charge is 2.65. The minimum Gasteiger partial charge on any atom is -0.459 e. The molecule has 12 nitrogen and oxygen atoms in total. The van der Waals surface area contributed by atoms with Gasteiger partial charge in [-0.15, -0.1) is 0 Å². The van der Waals surface area contributed by atoms with Crippen LogP contribution >= 0.6 is 0 Å². The maximum absolute atomic E-state index is 14.2. The number of fused-ring (bicyclic) bond motifs is 7. The van der Waals surface area contributed by atoms with Gasteiger partial charge in [-0.25, -0.2) is 19.2 Å². The second-order valence-electron chi connectivity index (χ2n) is 22.2. The highest BCUT2D eigenvalue weighted by Crippen LogP contribution is 2.69. The molecule has 10 rings (SSSR count). The second-order valence-corrected chi connectivity index (χ2v) is 22.2. The molecule has 73 heavy (non-hydrogen) atoms. The van der Waals surface area contributed by atoms with E-state index in [1.54, 1.807) is 121 Å². The summed E-state index contributed by atoms with van der Waals surface area (Å²) in [5.74, 6) is 0.0730. The van der Waals surface area contributed by atoms with Gasteiger partial charge >= 0.3 is 23.9 Å². The van der Waals surface area contributed by atoms with Gasteiger partial charge in [0, 0.05) is 6.61 Å². The second kappa shape index (κ2) is 21.7. The molecule has 0 bridgehead atoms. The van der Waals surface area contributed by atoms with Crippen LogP contribution in [0.1, 0.15) is 127 Å². The van der Waals surface area contributed by atoms with Crippen LogP contribution in [0.4, 0.5) is 0 Å². The van der Waals surface area contributed by atoms with Crippen molar-refractivity contribution in [3.63, 3.8) is 0 Å². The first kappa shape index (κ1) is 50.9. The molecule has 5 fully saturated rings. The first-order valence-electron chi connectivity index (χ1n) is 26.6. The van der Waals surface area contributed by atoms with Crippen molar-refractivity contribution in [3.05, 3.63) is 155 Å². The Bertz CT molecular complexity index is 2590. The predicted molar refractivity (Wildman–Crippen MR) is 271 cm³/mol. The quantitative estimate of drug-likeness (QED) is 0.0685. The number of ether oxygens (including phenoxy) is 7. The number of carbonyl (C=O) groups excluding carboxylic acids is 4. The van der Waals surface area contributed by atoms with Gasteiger partial charge in [-0.2, -0.15) is 0 Å². The number of allylic oxidation sites excluding steroid dienone is 1. The van der Waals surface area contributed by atoms with Gasteiger partial charge < -0.3 is 38.3 Å². The molecule has 2 aliphatic heterocycles. The lowest BCUT2D eigenvalue weighted by Crippen LogP contribution is -2.63. The number of carbonyl (C=O) groups is 4.